The van der Waals surface area contributed by atoms with Gasteiger partial charge in [-0.25, -0.2) is 4.57 Å². The molecular formula is C59H108NO8P. The average Bonchev–Trinajstić information content (AvgIpc) is 3.34. The molecule has 0 heterocycles. The number of esters is 2. The first-order chi connectivity index (χ1) is 33.8. The number of phosphoric acid groups is 1. The first kappa shape index (κ1) is 66.7. The predicted molar refractivity (Wildman–Crippen MR) is 293 cm³/mol. The van der Waals surface area contributed by atoms with E-state index < -0.39 is 26.5 Å². The molecule has 0 saturated heterocycles. The Morgan fingerprint density at radius 3 is 1.20 bits per heavy atom. The zero-order chi connectivity index (χ0) is 50.2. The molecule has 0 bridgehead atoms. The topological polar surface area (TPSA) is 134 Å². The summed E-state index contributed by atoms with van der Waals surface area (Å²) >= 11 is 0. The van der Waals surface area contributed by atoms with E-state index in [1.54, 1.807) is 0 Å². The van der Waals surface area contributed by atoms with Crippen LogP contribution in [0.5, 0.6) is 0 Å². The highest BCUT2D eigenvalue weighted by Gasteiger charge is 2.26. The number of phosphoric ester groups is 1. The Morgan fingerprint density at radius 1 is 0.449 bits per heavy atom. The van der Waals surface area contributed by atoms with Crippen LogP contribution in [-0.4, -0.2) is 49.3 Å². The van der Waals surface area contributed by atoms with Crippen molar-refractivity contribution < 1.29 is 37.6 Å². The van der Waals surface area contributed by atoms with E-state index in [0.717, 1.165) is 64.2 Å². The Morgan fingerprint density at radius 2 is 0.797 bits per heavy atom. The van der Waals surface area contributed by atoms with E-state index in [1.165, 1.54) is 173 Å². The number of rotatable bonds is 54. The first-order valence-electron chi connectivity index (χ1n) is 28.8. The molecule has 0 spiro atoms. The van der Waals surface area contributed by atoms with E-state index in [1.807, 2.05) is 0 Å². The van der Waals surface area contributed by atoms with Crippen LogP contribution in [0.1, 0.15) is 271 Å². The van der Waals surface area contributed by atoms with Crippen molar-refractivity contribution >= 4 is 19.8 Å². The highest BCUT2D eigenvalue weighted by molar-refractivity contribution is 7.47. The van der Waals surface area contributed by atoms with E-state index in [4.69, 9.17) is 24.3 Å². The van der Waals surface area contributed by atoms with Crippen molar-refractivity contribution in [2.75, 3.05) is 26.4 Å². The van der Waals surface area contributed by atoms with Gasteiger partial charge in [-0.15, -0.1) is 0 Å². The lowest BCUT2D eigenvalue weighted by molar-refractivity contribution is -0.161. The monoisotopic (exact) mass is 990 g/mol. The molecule has 0 aliphatic rings. The van der Waals surface area contributed by atoms with E-state index in [9.17, 15) is 19.0 Å². The lowest BCUT2D eigenvalue weighted by Gasteiger charge is -2.19. The summed E-state index contributed by atoms with van der Waals surface area (Å²) in [4.78, 5) is 35.2. The molecule has 3 N–H and O–H groups in total. The van der Waals surface area contributed by atoms with Crippen LogP contribution in [0.25, 0.3) is 0 Å². The summed E-state index contributed by atoms with van der Waals surface area (Å²) in [5, 5.41) is 0. The fourth-order valence-electron chi connectivity index (χ4n) is 8.15. The van der Waals surface area contributed by atoms with Gasteiger partial charge in [-0.1, -0.05) is 242 Å². The van der Waals surface area contributed by atoms with E-state index >= 15 is 0 Å². The van der Waals surface area contributed by atoms with Crippen molar-refractivity contribution in [1.29, 1.82) is 0 Å². The molecule has 0 aromatic heterocycles. The van der Waals surface area contributed by atoms with Crippen molar-refractivity contribution in [3.05, 3.63) is 60.8 Å². The SMILES string of the molecule is CC/C=C\C/C=C\C/C=C\C/C=C\CCCCCCCCCCCCCCC(=O)OC(COC(=O)CCCCCCCCCCCCC/C=C\CCCCCCCCCC)COP(=O)(O)OCCN. The number of allylic oxidation sites excluding steroid dienone is 10. The first-order valence-corrected chi connectivity index (χ1v) is 30.3. The molecule has 0 aliphatic heterocycles. The molecule has 402 valence electrons. The molecule has 2 unspecified atom stereocenters. The van der Waals surface area contributed by atoms with Crippen molar-refractivity contribution in [1.82, 2.24) is 0 Å². The Hall–Kier alpha value is -2.29. The summed E-state index contributed by atoms with van der Waals surface area (Å²) in [6.07, 6.45) is 68.4. The lowest BCUT2D eigenvalue weighted by Crippen LogP contribution is -2.29. The molecule has 69 heavy (non-hydrogen) atoms. The second-order valence-electron chi connectivity index (χ2n) is 19.1. The summed E-state index contributed by atoms with van der Waals surface area (Å²) < 4.78 is 33.0. The molecular weight excluding hydrogens is 882 g/mol. The largest absolute Gasteiger partial charge is 0.472 e. The van der Waals surface area contributed by atoms with Gasteiger partial charge in [0.1, 0.15) is 6.61 Å². The van der Waals surface area contributed by atoms with Gasteiger partial charge in [0, 0.05) is 19.4 Å². The molecule has 0 aromatic carbocycles. The van der Waals surface area contributed by atoms with Gasteiger partial charge in [-0.2, -0.15) is 0 Å². The maximum atomic E-state index is 12.7. The van der Waals surface area contributed by atoms with Crippen molar-refractivity contribution in [3.63, 3.8) is 0 Å². The molecule has 9 nitrogen and oxygen atoms in total. The molecule has 0 rings (SSSR count). The number of carbonyl (C=O) groups is 2. The maximum Gasteiger partial charge on any atom is 0.472 e. The van der Waals surface area contributed by atoms with Crippen LogP contribution in [0.2, 0.25) is 0 Å². The standard InChI is InChI=1S/C59H108NO8P/c1-3-5-7-9-11-13-15-17-19-21-23-25-27-28-30-32-34-36-38-40-42-44-46-48-50-52-59(62)68-57(56-67-69(63,64)66-54-53-60)55-65-58(61)51-49-47-45-43-41-39-37-35-33-31-29-26-24-22-20-18-16-14-12-10-8-6-4-2/h5,7,11,13,17,19,22-25,57H,3-4,6,8-10,12,14-16,18,20-21,26-56,60H2,1-2H3,(H,63,64)/b7-5-,13-11-,19-17-,24-22-,25-23-. The Balaban J connectivity index is 3.97. The van der Waals surface area contributed by atoms with Gasteiger partial charge in [-0.05, 0) is 77.0 Å². The van der Waals surface area contributed by atoms with E-state index in [-0.39, 0.29) is 38.6 Å². The number of ether oxygens (including phenoxy) is 2. The number of hydrogen-bond donors (Lipinski definition) is 2. The minimum absolute atomic E-state index is 0.0520. The van der Waals surface area contributed by atoms with Gasteiger partial charge >= 0.3 is 19.8 Å². The summed E-state index contributed by atoms with van der Waals surface area (Å²) in [7, 11) is -4.39. The highest BCUT2D eigenvalue weighted by Crippen LogP contribution is 2.43. The third-order valence-electron chi connectivity index (χ3n) is 12.4. The number of nitrogens with two attached hydrogens (primary N) is 1. The average molecular weight is 990 g/mol. The van der Waals surface area contributed by atoms with Crippen LogP contribution in [0.4, 0.5) is 0 Å². The molecule has 0 fully saturated rings. The van der Waals surface area contributed by atoms with Crippen LogP contribution in [0.3, 0.4) is 0 Å². The van der Waals surface area contributed by atoms with Crippen molar-refractivity contribution in [3.8, 4) is 0 Å². The fraction of sp³-hybridized carbons (Fsp3) is 0.797. The minimum atomic E-state index is -4.39. The van der Waals surface area contributed by atoms with Gasteiger partial charge in [0.25, 0.3) is 0 Å². The van der Waals surface area contributed by atoms with Crippen LogP contribution < -0.4 is 5.73 Å². The second kappa shape index (κ2) is 55.0. The third kappa shape index (κ3) is 54.9. The minimum Gasteiger partial charge on any atom is -0.462 e. The lowest BCUT2D eigenvalue weighted by atomic mass is 10.0. The van der Waals surface area contributed by atoms with E-state index in [2.05, 4.69) is 74.6 Å². The summed E-state index contributed by atoms with van der Waals surface area (Å²) in [6.45, 7) is 3.66. The van der Waals surface area contributed by atoms with Crippen molar-refractivity contribution in [2.24, 2.45) is 5.73 Å². The molecule has 0 aromatic rings. The number of hydrogen-bond acceptors (Lipinski definition) is 8. The quantitative estimate of drug-likeness (QED) is 0.0264. The van der Waals surface area contributed by atoms with Gasteiger partial charge in [0.05, 0.1) is 13.2 Å². The third-order valence-corrected chi connectivity index (χ3v) is 13.4. The van der Waals surface area contributed by atoms with Crippen LogP contribution in [0.15, 0.2) is 60.8 Å². The highest BCUT2D eigenvalue weighted by atomic mass is 31.2. The Labute approximate surface area is 425 Å². The van der Waals surface area contributed by atoms with Gasteiger partial charge in [0.15, 0.2) is 6.10 Å². The normalized spacial score (nSPS) is 13.5. The zero-order valence-corrected chi connectivity index (χ0v) is 45.7. The number of unbranched alkanes of at least 4 members (excludes halogenated alkanes) is 31. The zero-order valence-electron chi connectivity index (χ0n) is 44.8. The predicted octanol–water partition coefficient (Wildman–Crippen LogP) is 18.0. The molecule has 0 amide bonds. The molecule has 0 saturated carbocycles. The smallest absolute Gasteiger partial charge is 0.462 e. The summed E-state index contributed by atoms with van der Waals surface area (Å²) in [5.41, 5.74) is 5.38. The second-order valence-corrected chi connectivity index (χ2v) is 20.6. The fourth-order valence-corrected chi connectivity index (χ4v) is 8.92. The maximum absolute atomic E-state index is 12.7. The van der Waals surface area contributed by atoms with Gasteiger partial charge in [-0.3, -0.25) is 18.6 Å². The molecule has 0 aliphatic carbocycles. The molecule has 10 heteroatoms. The molecule has 2 atom stereocenters. The van der Waals surface area contributed by atoms with Crippen LogP contribution in [-0.2, 0) is 32.7 Å². The van der Waals surface area contributed by atoms with Crippen LogP contribution in [0, 0.1) is 0 Å². The Kier molecular flexibility index (Phi) is 53.2. The van der Waals surface area contributed by atoms with E-state index in [0.29, 0.717) is 6.42 Å². The van der Waals surface area contributed by atoms with Crippen LogP contribution >= 0.6 is 7.82 Å². The van der Waals surface area contributed by atoms with Gasteiger partial charge in [0.2, 0.25) is 0 Å². The number of carbonyl (C=O) groups excluding carboxylic acids is 2. The summed E-state index contributed by atoms with van der Waals surface area (Å²) in [6, 6.07) is 0. The van der Waals surface area contributed by atoms with Gasteiger partial charge < -0.3 is 20.1 Å². The summed E-state index contributed by atoms with van der Waals surface area (Å²) in [5.74, 6) is -0.823. The van der Waals surface area contributed by atoms with Crippen molar-refractivity contribution in [2.45, 2.75) is 277 Å². The molecule has 0 radical (unpaired) electrons. The Bertz CT molecular complexity index is 1310.